The number of aromatic nitrogens is 1. The normalized spacial score (nSPS) is 16.6. The molecule has 0 saturated carbocycles. The second-order valence-corrected chi connectivity index (χ2v) is 7.61. The van der Waals surface area contributed by atoms with Crippen LogP contribution in [-0.2, 0) is 10.2 Å². The molecule has 2 heterocycles. The molecule has 10 heteroatoms. The predicted molar refractivity (Wildman–Crippen MR) is 101 cm³/mol. The molecule has 0 atom stereocenters. The number of rotatable bonds is 4. The lowest BCUT2D eigenvalue weighted by atomic mass is 9.89. The van der Waals surface area contributed by atoms with E-state index in [1.165, 1.54) is 11.8 Å². The number of hydrazine groups is 1. The molecule has 1 aromatic carbocycles. The Morgan fingerprint density at radius 2 is 1.85 bits per heavy atom. The fourth-order valence-corrected chi connectivity index (χ4v) is 4.02. The fourth-order valence-electron chi connectivity index (χ4n) is 3.35. The van der Waals surface area contributed by atoms with Crippen molar-refractivity contribution < 1.29 is 8.42 Å². The van der Waals surface area contributed by atoms with Gasteiger partial charge in [0, 0.05) is 11.8 Å². The first kappa shape index (κ1) is 18.4. The number of nitrogens with one attached hydrogen (secondary N) is 2. The van der Waals surface area contributed by atoms with Crippen LogP contribution >= 0.6 is 0 Å². The van der Waals surface area contributed by atoms with E-state index in [1.54, 1.807) is 6.07 Å². The number of nitrogens with two attached hydrogens (primary N) is 3. The first-order valence-electron chi connectivity index (χ1n) is 8.26. The molecular formula is C16H23N7O2S. The number of benzene rings is 1. The summed E-state index contributed by atoms with van der Waals surface area (Å²) in [5.74, 6) is 11.3. The molecule has 8 N–H and O–H groups in total. The maximum absolute atomic E-state index is 11.9. The topological polar surface area (TPSA) is 154 Å². The Morgan fingerprint density at radius 1 is 1.19 bits per heavy atom. The largest absolute Gasteiger partial charge is 0.321 e. The zero-order chi connectivity index (χ0) is 18.7. The van der Waals surface area contributed by atoms with Gasteiger partial charge in [-0.05, 0) is 49.0 Å². The van der Waals surface area contributed by atoms with Crippen molar-refractivity contribution in [2.24, 2.45) is 21.9 Å². The van der Waals surface area contributed by atoms with Gasteiger partial charge in [0.1, 0.15) is 5.69 Å². The highest BCUT2D eigenvalue weighted by Crippen LogP contribution is 2.30. The SMILES string of the molecule is N/N=C(\NN)c1c(-c2ccc(C3CCNCC3)cc2)ccn1S(N)(=O)=O. The quantitative estimate of drug-likeness (QED) is 0.214. The molecule has 1 saturated heterocycles. The Bertz CT molecular complexity index is 897. The molecule has 1 aromatic heterocycles. The number of hydrazone groups is 1. The lowest BCUT2D eigenvalue weighted by Gasteiger charge is -2.23. The molecule has 140 valence electrons. The van der Waals surface area contributed by atoms with Gasteiger partial charge in [0.15, 0.2) is 5.84 Å². The van der Waals surface area contributed by atoms with Gasteiger partial charge in [0.2, 0.25) is 0 Å². The maximum Gasteiger partial charge on any atom is 0.303 e. The molecule has 0 amide bonds. The van der Waals surface area contributed by atoms with Crippen molar-refractivity contribution in [2.75, 3.05) is 13.1 Å². The van der Waals surface area contributed by atoms with E-state index in [-0.39, 0.29) is 11.5 Å². The van der Waals surface area contributed by atoms with Crippen molar-refractivity contribution in [2.45, 2.75) is 18.8 Å². The molecule has 1 aliphatic rings. The molecule has 0 spiro atoms. The summed E-state index contributed by atoms with van der Waals surface area (Å²) in [7, 11) is -4.03. The molecule has 3 rings (SSSR count). The smallest absolute Gasteiger partial charge is 0.303 e. The molecular weight excluding hydrogens is 354 g/mol. The van der Waals surface area contributed by atoms with E-state index in [9.17, 15) is 8.42 Å². The average molecular weight is 377 g/mol. The van der Waals surface area contributed by atoms with Crippen LogP contribution in [0.15, 0.2) is 41.6 Å². The van der Waals surface area contributed by atoms with Crippen LogP contribution in [-0.4, -0.2) is 31.3 Å². The number of nitrogens with zero attached hydrogens (tertiary/aromatic N) is 2. The highest BCUT2D eigenvalue weighted by molar-refractivity contribution is 7.87. The van der Waals surface area contributed by atoms with Gasteiger partial charge >= 0.3 is 10.2 Å². The van der Waals surface area contributed by atoms with E-state index in [4.69, 9.17) is 16.8 Å². The zero-order valence-corrected chi connectivity index (χ0v) is 15.0. The molecule has 0 unspecified atom stereocenters. The van der Waals surface area contributed by atoms with E-state index in [0.717, 1.165) is 35.5 Å². The van der Waals surface area contributed by atoms with Crippen LogP contribution in [0.1, 0.15) is 30.0 Å². The van der Waals surface area contributed by atoms with Crippen LogP contribution in [0.3, 0.4) is 0 Å². The summed E-state index contributed by atoms with van der Waals surface area (Å²) in [6.07, 6.45) is 3.56. The van der Waals surface area contributed by atoms with Gasteiger partial charge in [0.05, 0.1) is 0 Å². The number of amidine groups is 1. The average Bonchev–Trinajstić information content (AvgIpc) is 3.09. The summed E-state index contributed by atoms with van der Waals surface area (Å²) in [5, 5.41) is 12.2. The monoisotopic (exact) mass is 377 g/mol. The standard InChI is InChI=1S/C16H23N7O2S/c17-21-16(22-18)15-14(7-10-23(15)26(19,24)25)13-3-1-11(2-4-13)12-5-8-20-9-6-12/h1-4,7,10,12,20H,5-6,8-9,17-18H2,(H,21,22)(H2,19,24,25). The molecule has 1 fully saturated rings. The second kappa shape index (κ2) is 7.46. The molecule has 26 heavy (non-hydrogen) atoms. The Balaban J connectivity index is 2.02. The van der Waals surface area contributed by atoms with Crippen molar-refractivity contribution in [1.82, 2.24) is 14.7 Å². The fraction of sp³-hybridized carbons (Fsp3) is 0.312. The Morgan fingerprint density at radius 3 is 2.38 bits per heavy atom. The Kier molecular flexibility index (Phi) is 5.28. The van der Waals surface area contributed by atoms with Crippen LogP contribution in [0.5, 0.6) is 0 Å². The first-order valence-corrected chi connectivity index (χ1v) is 9.76. The molecule has 9 nitrogen and oxygen atoms in total. The minimum absolute atomic E-state index is 0.0152. The molecule has 1 aliphatic heterocycles. The minimum Gasteiger partial charge on any atom is -0.321 e. The Hall–Kier alpha value is -2.40. The van der Waals surface area contributed by atoms with Crippen LogP contribution in [0.25, 0.3) is 11.1 Å². The first-order chi connectivity index (χ1) is 12.5. The predicted octanol–water partition coefficient (Wildman–Crippen LogP) is -0.243. The summed E-state index contributed by atoms with van der Waals surface area (Å²) in [6, 6.07) is 9.68. The number of hydrogen-bond donors (Lipinski definition) is 5. The van der Waals surface area contributed by atoms with Crippen LogP contribution in [0, 0.1) is 0 Å². The van der Waals surface area contributed by atoms with E-state index in [1.807, 2.05) is 12.1 Å². The van der Waals surface area contributed by atoms with Crippen LogP contribution in [0.2, 0.25) is 0 Å². The number of hydrogen-bond acceptors (Lipinski definition) is 6. The number of piperidine rings is 1. The van der Waals surface area contributed by atoms with Gasteiger partial charge in [-0.1, -0.05) is 24.3 Å². The molecule has 2 aromatic rings. The summed E-state index contributed by atoms with van der Waals surface area (Å²) in [6.45, 7) is 2.04. The van der Waals surface area contributed by atoms with Gasteiger partial charge in [-0.3, -0.25) is 0 Å². The zero-order valence-electron chi connectivity index (χ0n) is 14.2. The molecule has 0 radical (unpaired) electrons. The molecule has 0 bridgehead atoms. The van der Waals surface area contributed by atoms with Crippen molar-refractivity contribution in [3.05, 3.63) is 47.8 Å². The lowest BCUT2D eigenvalue weighted by Crippen LogP contribution is -2.36. The van der Waals surface area contributed by atoms with Crippen molar-refractivity contribution in [1.29, 1.82) is 0 Å². The summed E-state index contributed by atoms with van der Waals surface area (Å²) < 4.78 is 24.6. The third kappa shape index (κ3) is 3.58. The highest BCUT2D eigenvalue weighted by atomic mass is 32.2. The van der Waals surface area contributed by atoms with Crippen LogP contribution < -0.4 is 27.6 Å². The lowest BCUT2D eigenvalue weighted by molar-refractivity contribution is 0.460. The summed E-state index contributed by atoms with van der Waals surface area (Å²) >= 11 is 0. The molecule has 0 aliphatic carbocycles. The maximum atomic E-state index is 11.9. The third-order valence-corrected chi connectivity index (χ3v) is 5.50. The van der Waals surface area contributed by atoms with Gasteiger partial charge < -0.3 is 16.6 Å². The van der Waals surface area contributed by atoms with Crippen molar-refractivity contribution in [3.8, 4) is 11.1 Å². The summed E-state index contributed by atoms with van der Waals surface area (Å²) in [4.78, 5) is 0. The summed E-state index contributed by atoms with van der Waals surface area (Å²) in [5.41, 5.74) is 5.20. The van der Waals surface area contributed by atoms with Crippen LogP contribution in [0.4, 0.5) is 0 Å². The van der Waals surface area contributed by atoms with Gasteiger partial charge in [-0.15, -0.1) is 0 Å². The van der Waals surface area contributed by atoms with E-state index < -0.39 is 10.2 Å². The van der Waals surface area contributed by atoms with E-state index in [0.29, 0.717) is 11.5 Å². The van der Waals surface area contributed by atoms with Crippen molar-refractivity contribution >= 4 is 16.0 Å². The van der Waals surface area contributed by atoms with E-state index >= 15 is 0 Å². The second-order valence-electron chi connectivity index (χ2n) is 6.19. The highest BCUT2D eigenvalue weighted by Gasteiger charge is 2.22. The minimum atomic E-state index is -4.03. The Labute approximate surface area is 152 Å². The van der Waals surface area contributed by atoms with E-state index in [2.05, 4.69) is 28.0 Å². The van der Waals surface area contributed by atoms with Gasteiger partial charge in [0.25, 0.3) is 0 Å². The van der Waals surface area contributed by atoms with Gasteiger partial charge in [-0.25, -0.2) is 15.0 Å². The third-order valence-electron chi connectivity index (χ3n) is 4.65. The van der Waals surface area contributed by atoms with Crippen molar-refractivity contribution in [3.63, 3.8) is 0 Å². The van der Waals surface area contributed by atoms with Gasteiger partial charge in [-0.2, -0.15) is 13.5 Å².